The molecule has 0 saturated carbocycles. The van der Waals surface area contributed by atoms with E-state index in [1.807, 2.05) is 12.1 Å². The molecule has 20 heavy (non-hydrogen) atoms. The van der Waals surface area contributed by atoms with Crippen LogP contribution in [0.3, 0.4) is 0 Å². The van der Waals surface area contributed by atoms with Crippen molar-refractivity contribution in [2.24, 2.45) is 5.41 Å². The first kappa shape index (κ1) is 17.0. The van der Waals surface area contributed by atoms with Crippen LogP contribution in [-0.2, 0) is 6.42 Å². The van der Waals surface area contributed by atoms with Crippen molar-refractivity contribution in [1.29, 1.82) is 0 Å². The first-order valence-electron chi connectivity index (χ1n) is 7.36. The van der Waals surface area contributed by atoms with Crippen LogP contribution in [0, 0.1) is 5.41 Å². The number of hydrogen-bond donors (Lipinski definition) is 2. The Morgan fingerprint density at radius 2 is 1.80 bits per heavy atom. The van der Waals surface area contributed by atoms with Gasteiger partial charge < -0.3 is 15.2 Å². The zero-order valence-corrected chi connectivity index (χ0v) is 13.4. The van der Waals surface area contributed by atoms with E-state index in [-0.39, 0.29) is 12.0 Å². The molecule has 3 heteroatoms. The van der Waals surface area contributed by atoms with Crippen LogP contribution in [0.15, 0.2) is 24.3 Å². The zero-order chi connectivity index (χ0) is 15.2. The lowest BCUT2D eigenvalue weighted by atomic mass is 9.84. The number of hydrogen-bond acceptors (Lipinski definition) is 3. The third-order valence-corrected chi connectivity index (χ3v) is 3.65. The van der Waals surface area contributed by atoms with Gasteiger partial charge in [-0.25, -0.2) is 0 Å². The van der Waals surface area contributed by atoms with E-state index in [1.54, 1.807) is 7.11 Å². The van der Waals surface area contributed by atoms with Crippen LogP contribution in [0.5, 0.6) is 5.75 Å². The largest absolute Gasteiger partial charge is 0.497 e. The lowest BCUT2D eigenvalue weighted by Crippen LogP contribution is -2.46. The van der Waals surface area contributed by atoms with Crippen molar-refractivity contribution in [3.8, 4) is 5.75 Å². The van der Waals surface area contributed by atoms with Crippen molar-refractivity contribution in [1.82, 2.24) is 5.32 Å². The van der Waals surface area contributed by atoms with E-state index in [0.29, 0.717) is 12.1 Å². The van der Waals surface area contributed by atoms with Gasteiger partial charge in [0.15, 0.2) is 0 Å². The highest BCUT2D eigenvalue weighted by molar-refractivity contribution is 5.27. The number of aliphatic hydroxyl groups excluding tert-OH is 1. The second kappa shape index (κ2) is 7.65. The van der Waals surface area contributed by atoms with Crippen molar-refractivity contribution >= 4 is 0 Å². The van der Waals surface area contributed by atoms with Crippen molar-refractivity contribution in [3.63, 3.8) is 0 Å². The Labute approximate surface area is 123 Å². The van der Waals surface area contributed by atoms with Gasteiger partial charge in [0, 0.05) is 18.7 Å². The van der Waals surface area contributed by atoms with Crippen LogP contribution in [0.4, 0.5) is 0 Å². The molecule has 3 nitrogen and oxygen atoms in total. The molecule has 114 valence electrons. The van der Waals surface area contributed by atoms with Crippen LogP contribution in [-0.4, -0.2) is 30.9 Å². The molecule has 0 bridgehead atoms. The molecule has 0 heterocycles. The Kier molecular flexibility index (Phi) is 6.50. The summed E-state index contributed by atoms with van der Waals surface area (Å²) in [6, 6.07) is 8.90. The van der Waals surface area contributed by atoms with E-state index in [2.05, 4.69) is 45.1 Å². The summed E-state index contributed by atoms with van der Waals surface area (Å²) >= 11 is 0. The van der Waals surface area contributed by atoms with E-state index in [9.17, 15) is 5.11 Å². The quantitative estimate of drug-likeness (QED) is 0.806. The minimum atomic E-state index is 0.150. The third-order valence-electron chi connectivity index (χ3n) is 3.65. The summed E-state index contributed by atoms with van der Waals surface area (Å²) in [6.07, 6.45) is 1.76. The van der Waals surface area contributed by atoms with E-state index in [1.165, 1.54) is 5.56 Å². The Morgan fingerprint density at radius 1 is 1.20 bits per heavy atom. The van der Waals surface area contributed by atoms with Gasteiger partial charge in [0.1, 0.15) is 5.75 Å². The van der Waals surface area contributed by atoms with E-state index >= 15 is 0 Å². The van der Waals surface area contributed by atoms with Crippen LogP contribution in [0.1, 0.15) is 39.7 Å². The van der Waals surface area contributed by atoms with Gasteiger partial charge in [0.25, 0.3) is 0 Å². The summed E-state index contributed by atoms with van der Waals surface area (Å²) in [5.74, 6) is 0.891. The molecule has 1 aromatic rings. The Morgan fingerprint density at radius 3 is 2.25 bits per heavy atom. The van der Waals surface area contributed by atoms with Crippen LogP contribution >= 0.6 is 0 Å². The lowest BCUT2D eigenvalue weighted by molar-refractivity contribution is 0.187. The Hall–Kier alpha value is -1.06. The Bertz CT molecular complexity index is 381. The third kappa shape index (κ3) is 5.51. The Balaban J connectivity index is 2.58. The number of rotatable bonds is 7. The monoisotopic (exact) mass is 279 g/mol. The number of aliphatic hydroxyl groups is 1. The molecule has 1 rings (SSSR count). The fraction of sp³-hybridized carbons (Fsp3) is 0.647. The van der Waals surface area contributed by atoms with Crippen LogP contribution < -0.4 is 10.1 Å². The van der Waals surface area contributed by atoms with Gasteiger partial charge in [0.2, 0.25) is 0 Å². The first-order chi connectivity index (χ1) is 9.36. The highest BCUT2D eigenvalue weighted by atomic mass is 16.5. The standard InChI is InChI=1S/C17H29NO2/c1-13(18-16(10-11-19)17(2,3)4)12-14-6-8-15(20-5)9-7-14/h6-9,13,16,18-19H,10-12H2,1-5H3. The molecular formula is C17H29NO2. The summed E-state index contributed by atoms with van der Waals surface area (Å²) in [5, 5.41) is 12.9. The molecule has 2 atom stereocenters. The highest BCUT2D eigenvalue weighted by Gasteiger charge is 2.25. The molecule has 2 N–H and O–H groups in total. The zero-order valence-electron chi connectivity index (χ0n) is 13.4. The molecular weight excluding hydrogens is 250 g/mol. The number of benzene rings is 1. The minimum Gasteiger partial charge on any atom is -0.497 e. The predicted molar refractivity (Wildman–Crippen MR) is 84.2 cm³/mol. The average Bonchev–Trinajstić information content (AvgIpc) is 2.38. The van der Waals surface area contributed by atoms with Gasteiger partial charge in [-0.15, -0.1) is 0 Å². The van der Waals surface area contributed by atoms with Gasteiger partial charge in [-0.2, -0.15) is 0 Å². The highest BCUT2D eigenvalue weighted by Crippen LogP contribution is 2.22. The molecule has 0 fully saturated rings. The molecule has 0 spiro atoms. The summed E-state index contributed by atoms with van der Waals surface area (Å²) in [7, 11) is 1.68. The summed E-state index contributed by atoms with van der Waals surface area (Å²) in [4.78, 5) is 0. The fourth-order valence-corrected chi connectivity index (χ4v) is 2.41. The minimum absolute atomic E-state index is 0.150. The molecule has 1 aromatic carbocycles. The van der Waals surface area contributed by atoms with Crippen molar-refractivity contribution < 1.29 is 9.84 Å². The molecule has 0 amide bonds. The topological polar surface area (TPSA) is 41.5 Å². The molecule has 0 aliphatic rings. The second-order valence-corrected chi connectivity index (χ2v) is 6.55. The smallest absolute Gasteiger partial charge is 0.118 e. The van der Waals surface area contributed by atoms with Gasteiger partial charge in [0.05, 0.1) is 7.11 Å². The normalized spacial score (nSPS) is 14.9. The van der Waals surface area contributed by atoms with E-state index < -0.39 is 0 Å². The van der Waals surface area contributed by atoms with Crippen molar-refractivity contribution in [2.75, 3.05) is 13.7 Å². The van der Waals surface area contributed by atoms with Gasteiger partial charge in [-0.05, 0) is 42.9 Å². The number of ether oxygens (including phenoxy) is 1. The molecule has 0 aliphatic carbocycles. The lowest BCUT2D eigenvalue weighted by Gasteiger charge is -2.34. The van der Waals surface area contributed by atoms with Gasteiger partial charge in [-0.1, -0.05) is 32.9 Å². The number of methoxy groups -OCH3 is 1. The maximum absolute atomic E-state index is 9.21. The summed E-state index contributed by atoms with van der Waals surface area (Å²) in [6.45, 7) is 9.05. The SMILES string of the molecule is COc1ccc(CC(C)NC(CCO)C(C)(C)C)cc1. The van der Waals surface area contributed by atoms with Gasteiger partial charge >= 0.3 is 0 Å². The van der Waals surface area contributed by atoms with Crippen molar-refractivity contribution in [2.45, 2.75) is 52.6 Å². The molecule has 0 aromatic heterocycles. The molecule has 0 saturated heterocycles. The molecule has 0 radical (unpaired) electrons. The number of nitrogens with one attached hydrogen (secondary N) is 1. The van der Waals surface area contributed by atoms with Crippen LogP contribution in [0.2, 0.25) is 0 Å². The van der Waals surface area contributed by atoms with Crippen molar-refractivity contribution in [3.05, 3.63) is 29.8 Å². The summed E-state index contributed by atoms with van der Waals surface area (Å²) in [5.41, 5.74) is 1.44. The maximum atomic E-state index is 9.21. The predicted octanol–water partition coefficient (Wildman–Crippen LogP) is 3.01. The van der Waals surface area contributed by atoms with Crippen LogP contribution in [0.25, 0.3) is 0 Å². The summed E-state index contributed by atoms with van der Waals surface area (Å²) < 4.78 is 5.17. The van der Waals surface area contributed by atoms with E-state index in [0.717, 1.165) is 18.6 Å². The second-order valence-electron chi connectivity index (χ2n) is 6.55. The van der Waals surface area contributed by atoms with E-state index in [4.69, 9.17) is 4.74 Å². The fourth-order valence-electron chi connectivity index (χ4n) is 2.41. The first-order valence-corrected chi connectivity index (χ1v) is 7.36. The maximum Gasteiger partial charge on any atom is 0.118 e. The molecule has 0 aliphatic heterocycles. The van der Waals surface area contributed by atoms with Gasteiger partial charge in [-0.3, -0.25) is 0 Å². The molecule has 2 unspecified atom stereocenters. The average molecular weight is 279 g/mol.